The highest BCUT2D eigenvalue weighted by Gasteiger charge is 2.28. The van der Waals surface area contributed by atoms with Crippen molar-refractivity contribution >= 4 is 20.0 Å². The van der Waals surface area contributed by atoms with Crippen LogP contribution in [0.4, 0.5) is 0 Å². The Morgan fingerprint density at radius 3 is 2.26 bits per heavy atom. The zero-order valence-electron chi connectivity index (χ0n) is 11.2. The van der Waals surface area contributed by atoms with E-state index in [1.807, 2.05) is 0 Å². The van der Waals surface area contributed by atoms with Gasteiger partial charge in [-0.3, -0.25) is 0 Å². The number of nitrogens with zero attached hydrogens (tertiary/aromatic N) is 2. The molecule has 0 unspecified atom stereocenters. The Hall–Kier alpha value is -0.970. The Morgan fingerprint density at radius 2 is 1.84 bits per heavy atom. The van der Waals surface area contributed by atoms with Crippen molar-refractivity contribution in [2.24, 2.45) is 0 Å². The van der Waals surface area contributed by atoms with Crippen LogP contribution in [0.3, 0.4) is 0 Å². The third-order valence-electron chi connectivity index (χ3n) is 2.43. The van der Waals surface area contributed by atoms with Gasteiger partial charge in [0.05, 0.1) is 6.26 Å². The van der Waals surface area contributed by atoms with E-state index in [9.17, 15) is 16.8 Å². The number of likely N-dealkylation sites (N-methyl/N-ethyl adjacent to an activating group) is 1. The van der Waals surface area contributed by atoms with Crippen LogP contribution in [0, 0.1) is 13.8 Å². The fourth-order valence-electron chi connectivity index (χ4n) is 1.51. The van der Waals surface area contributed by atoms with Gasteiger partial charge in [-0.15, -0.1) is 0 Å². The highest BCUT2D eigenvalue weighted by molar-refractivity contribution is 7.89. The van der Waals surface area contributed by atoms with Gasteiger partial charge >= 0.3 is 0 Å². The molecule has 1 rings (SSSR count). The predicted molar refractivity (Wildman–Crippen MR) is 68.6 cm³/mol. The number of aryl methyl sites for hydroxylation is 2. The van der Waals surface area contributed by atoms with E-state index >= 15 is 0 Å². The molecule has 10 heteroatoms. The van der Waals surface area contributed by atoms with Crippen molar-refractivity contribution < 1.29 is 21.4 Å². The summed E-state index contributed by atoms with van der Waals surface area (Å²) in [4.78, 5) is 0.0226. The topological polar surface area (TPSA) is 110 Å². The van der Waals surface area contributed by atoms with Crippen molar-refractivity contribution in [3.05, 3.63) is 11.5 Å². The Kier molecular flexibility index (Phi) is 4.72. The lowest BCUT2D eigenvalue weighted by molar-refractivity contribution is 0.389. The minimum atomic E-state index is -3.73. The summed E-state index contributed by atoms with van der Waals surface area (Å²) in [7, 11) is -5.70. The van der Waals surface area contributed by atoms with Crippen molar-refractivity contribution in [2.45, 2.75) is 18.7 Å². The van der Waals surface area contributed by atoms with Gasteiger partial charge in [-0.25, -0.2) is 21.6 Å². The normalized spacial score (nSPS) is 13.1. The van der Waals surface area contributed by atoms with E-state index in [0.717, 1.165) is 10.6 Å². The average Bonchev–Trinajstić information content (AvgIpc) is 2.56. The lowest BCUT2D eigenvalue weighted by atomic mass is 10.4. The molecule has 1 N–H and O–H groups in total. The van der Waals surface area contributed by atoms with Gasteiger partial charge in [0.2, 0.25) is 20.0 Å². The molecule has 0 bridgehead atoms. The zero-order chi connectivity index (χ0) is 14.8. The van der Waals surface area contributed by atoms with Crippen molar-refractivity contribution in [2.75, 3.05) is 26.4 Å². The Morgan fingerprint density at radius 1 is 1.26 bits per heavy atom. The summed E-state index contributed by atoms with van der Waals surface area (Å²) in [5.74, 6) is 0.209. The van der Waals surface area contributed by atoms with Gasteiger partial charge in [-0.1, -0.05) is 5.16 Å². The van der Waals surface area contributed by atoms with E-state index in [1.54, 1.807) is 0 Å². The molecule has 1 aromatic rings. The SMILES string of the molecule is Cc1noc(C)c1S(=O)(=O)N(C)CCNS(C)(=O)=O. The van der Waals surface area contributed by atoms with Crippen LogP contribution >= 0.6 is 0 Å². The third kappa shape index (κ3) is 4.00. The first kappa shape index (κ1) is 16.1. The molecular weight excluding hydrogens is 294 g/mol. The molecule has 0 fully saturated rings. The second-order valence-corrected chi connectivity index (χ2v) is 7.96. The fraction of sp³-hybridized carbons (Fsp3) is 0.667. The van der Waals surface area contributed by atoms with Crippen LogP contribution in [0.1, 0.15) is 11.5 Å². The summed E-state index contributed by atoms with van der Waals surface area (Å²) in [6.45, 7) is 3.05. The molecule has 19 heavy (non-hydrogen) atoms. The molecule has 0 amide bonds. The van der Waals surface area contributed by atoms with Gasteiger partial charge in [0.15, 0.2) is 5.76 Å². The molecule has 1 aromatic heterocycles. The molecule has 8 nitrogen and oxygen atoms in total. The minimum absolute atomic E-state index is 0.00205. The number of sulfonamides is 2. The van der Waals surface area contributed by atoms with E-state index in [0.29, 0.717) is 0 Å². The van der Waals surface area contributed by atoms with E-state index in [-0.39, 0.29) is 29.4 Å². The predicted octanol–water partition coefficient (Wildman–Crippen LogP) is -0.539. The minimum Gasteiger partial charge on any atom is -0.360 e. The third-order valence-corrected chi connectivity index (χ3v) is 5.26. The fourth-order valence-corrected chi connectivity index (χ4v) is 3.42. The van der Waals surface area contributed by atoms with E-state index < -0.39 is 20.0 Å². The molecule has 0 saturated carbocycles. The summed E-state index contributed by atoms with van der Waals surface area (Å²) in [6.07, 6.45) is 1.01. The van der Waals surface area contributed by atoms with Crippen molar-refractivity contribution in [1.82, 2.24) is 14.2 Å². The number of hydrogen-bond donors (Lipinski definition) is 1. The van der Waals surface area contributed by atoms with Gasteiger partial charge in [0.25, 0.3) is 0 Å². The molecule has 110 valence electrons. The van der Waals surface area contributed by atoms with Gasteiger partial charge in [0, 0.05) is 20.1 Å². The van der Waals surface area contributed by atoms with Crippen LogP contribution < -0.4 is 4.72 Å². The average molecular weight is 311 g/mol. The molecule has 0 spiro atoms. The molecule has 1 heterocycles. The van der Waals surface area contributed by atoms with Gasteiger partial charge in [0.1, 0.15) is 10.6 Å². The van der Waals surface area contributed by atoms with E-state index in [4.69, 9.17) is 4.52 Å². The van der Waals surface area contributed by atoms with Gasteiger partial charge in [-0.05, 0) is 13.8 Å². The van der Waals surface area contributed by atoms with Crippen molar-refractivity contribution in [3.63, 3.8) is 0 Å². The molecule has 0 aliphatic heterocycles. The molecule has 0 aromatic carbocycles. The van der Waals surface area contributed by atoms with Gasteiger partial charge in [-0.2, -0.15) is 4.31 Å². The molecule has 0 atom stereocenters. The lowest BCUT2D eigenvalue weighted by Crippen LogP contribution is -2.36. The summed E-state index contributed by atoms with van der Waals surface area (Å²) < 4.78 is 54.4. The monoisotopic (exact) mass is 311 g/mol. The van der Waals surface area contributed by atoms with Crippen LogP contribution in [0.5, 0.6) is 0 Å². The molecule has 0 radical (unpaired) electrons. The zero-order valence-corrected chi connectivity index (χ0v) is 12.8. The number of rotatable bonds is 6. The first-order valence-electron chi connectivity index (χ1n) is 5.39. The van der Waals surface area contributed by atoms with Crippen LogP contribution in [-0.4, -0.2) is 52.7 Å². The lowest BCUT2D eigenvalue weighted by Gasteiger charge is -2.16. The first-order valence-corrected chi connectivity index (χ1v) is 8.72. The number of nitrogens with one attached hydrogen (secondary N) is 1. The molecule has 0 aliphatic carbocycles. The first-order chi connectivity index (χ1) is 8.55. The van der Waals surface area contributed by atoms with Crippen LogP contribution in [0.15, 0.2) is 9.42 Å². The van der Waals surface area contributed by atoms with E-state index in [2.05, 4.69) is 9.88 Å². The van der Waals surface area contributed by atoms with Crippen LogP contribution in [-0.2, 0) is 20.0 Å². The summed E-state index contributed by atoms with van der Waals surface area (Å²) >= 11 is 0. The largest absolute Gasteiger partial charge is 0.360 e. The second-order valence-electron chi connectivity index (χ2n) is 4.15. The summed E-state index contributed by atoms with van der Waals surface area (Å²) in [5, 5.41) is 3.59. The van der Waals surface area contributed by atoms with Crippen molar-refractivity contribution in [3.8, 4) is 0 Å². The maximum Gasteiger partial charge on any atom is 0.248 e. The van der Waals surface area contributed by atoms with E-state index in [1.165, 1.54) is 20.9 Å². The van der Waals surface area contributed by atoms with Crippen LogP contribution in [0.25, 0.3) is 0 Å². The standard InChI is InChI=1S/C9H17N3O5S2/c1-7-9(8(2)17-11-7)19(15,16)12(3)6-5-10-18(4,13)14/h10H,5-6H2,1-4H3. The number of aromatic nitrogens is 1. The highest BCUT2D eigenvalue weighted by atomic mass is 32.2. The highest BCUT2D eigenvalue weighted by Crippen LogP contribution is 2.21. The Labute approximate surface area is 112 Å². The quantitative estimate of drug-likeness (QED) is 0.755. The number of hydrogen-bond acceptors (Lipinski definition) is 6. The Bertz CT molecular complexity index is 628. The molecule has 0 saturated heterocycles. The molecular formula is C9H17N3O5S2. The molecule has 0 aliphatic rings. The van der Waals surface area contributed by atoms with Crippen LogP contribution in [0.2, 0.25) is 0 Å². The van der Waals surface area contributed by atoms with Crippen molar-refractivity contribution in [1.29, 1.82) is 0 Å². The van der Waals surface area contributed by atoms with Gasteiger partial charge < -0.3 is 4.52 Å². The second kappa shape index (κ2) is 5.57. The maximum atomic E-state index is 12.2. The Balaban J connectivity index is 2.84. The summed E-state index contributed by atoms with van der Waals surface area (Å²) in [6, 6.07) is 0. The summed E-state index contributed by atoms with van der Waals surface area (Å²) in [5.41, 5.74) is 0.278. The smallest absolute Gasteiger partial charge is 0.248 e. The maximum absolute atomic E-state index is 12.2.